The van der Waals surface area contributed by atoms with Crippen LogP contribution in [0.15, 0.2) is 42.5 Å². The molecule has 0 saturated heterocycles. The molecule has 1 N–H and O–H groups in total. The first-order chi connectivity index (χ1) is 11.0. The van der Waals surface area contributed by atoms with Crippen LogP contribution in [-0.4, -0.2) is 18.5 Å². The summed E-state index contributed by atoms with van der Waals surface area (Å²) in [6.45, 7) is 1.71. The monoisotopic (exact) mass is 319 g/mol. The summed E-state index contributed by atoms with van der Waals surface area (Å²) in [5, 5.41) is 2.58. The third-order valence-electron chi connectivity index (χ3n) is 3.10. The molecular formula is C17H15F2NO3. The molecule has 0 bridgehead atoms. The Morgan fingerprint density at radius 2 is 1.78 bits per heavy atom. The zero-order valence-electron chi connectivity index (χ0n) is 12.4. The molecule has 2 aromatic rings. The predicted molar refractivity (Wildman–Crippen MR) is 79.7 cm³/mol. The van der Waals surface area contributed by atoms with Crippen LogP contribution in [0.4, 0.5) is 8.78 Å². The smallest absolute Gasteiger partial charge is 0.341 e. The number of amides is 1. The zero-order chi connectivity index (χ0) is 16.8. The molecule has 2 rings (SSSR count). The molecule has 4 nitrogen and oxygen atoms in total. The van der Waals surface area contributed by atoms with Crippen LogP contribution in [0.2, 0.25) is 0 Å². The second kappa shape index (κ2) is 7.49. The van der Waals surface area contributed by atoms with Crippen molar-refractivity contribution in [2.75, 3.05) is 6.61 Å². The largest absolute Gasteiger partial charge is 0.452 e. The number of nitrogens with one attached hydrogen (secondary N) is 1. The highest BCUT2D eigenvalue weighted by Gasteiger charge is 2.15. The van der Waals surface area contributed by atoms with Crippen LogP contribution in [0.1, 0.15) is 21.5 Å². The minimum absolute atomic E-state index is 0.293. The van der Waals surface area contributed by atoms with E-state index in [1.165, 1.54) is 0 Å². The average molecular weight is 319 g/mol. The highest BCUT2D eigenvalue weighted by atomic mass is 19.1. The predicted octanol–water partition coefficient (Wildman–Crippen LogP) is 2.75. The van der Waals surface area contributed by atoms with Gasteiger partial charge in [0, 0.05) is 12.6 Å². The number of hydrogen-bond acceptors (Lipinski definition) is 3. The lowest BCUT2D eigenvalue weighted by atomic mass is 10.1. The normalized spacial score (nSPS) is 10.2. The number of carbonyl (C=O) groups is 2. The Morgan fingerprint density at radius 1 is 1.09 bits per heavy atom. The quantitative estimate of drug-likeness (QED) is 0.862. The zero-order valence-corrected chi connectivity index (χ0v) is 12.4. The molecule has 0 unspecified atom stereocenters. The van der Waals surface area contributed by atoms with Crippen molar-refractivity contribution >= 4 is 11.9 Å². The molecule has 0 aliphatic heterocycles. The van der Waals surface area contributed by atoms with E-state index >= 15 is 0 Å². The van der Waals surface area contributed by atoms with E-state index in [-0.39, 0.29) is 0 Å². The number of halogens is 2. The van der Waals surface area contributed by atoms with Crippen LogP contribution in [0.3, 0.4) is 0 Å². The minimum Gasteiger partial charge on any atom is -0.452 e. The van der Waals surface area contributed by atoms with E-state index in [0.717, 1.165) is 23.3 Å². The van der Waals surface area contributed by atoms with Crippen LogP contribution in [0, 0.1) is 18.6 Å². The van der Waals surface area contributed by atoms with E-state index in [1.54, 1.807) is 0 Å². The summed E-state index contributed by atoms with van der Waals surface area (Å²) in [6.07, 6.45) is 0. The molecule has 23 heavy (non-hydrogen) atoms. The summed E-state index contributed by atoms with van der Waals surface area (Å²) < 4.78 is 30.8. The maximum Gasteiger partial charge on any atom is 0.341 e. The van der Waals surface area contributed by atoms with E-state index in [0.29, 0.717) is 12.6 Å². The van der Waals surface area contributed by atoms with Gasteiger partial charge in [-0.05, 0) is 24.6 Å². The first-order valence-corrected chi connectivity index (χ1v) is 6.90. The molecule has 120 valence electrons. The van der Waals surface area contributed by atoms with Crippen LogP contribution in [0.5, 0.6) is 0 Å². The van der Waals surface area contributed by atoms with Gasteiger partial charge >= 0.3 is 5.97 Å². The van der Waals surface area contributed by atoms with E-state index in [1.807, 2.05) is 31.2 Å². The van der Waals surface area contributed by atoms with Gasteiger partial charge in [0.2, 0.25) is 0 Å². The van der Waals surface area contributed by atoms with Crippen LogP contribution in [-0.2, 0) is 16.1 Å². The van der Waals surface area contributed by atoms with Gasteiger partial charge in [-0.3, -0.25) is 4.79 Å². The lowest BCUT2D eigenvalue weighted by Gasteiger charge is -2.07. The molecular weight excluding hydrogens is 304 g/mol. The van der Waals surface area contributed by atoms with Crippen molar-refractivity contribution in [1.82, 2.24) is 5.32 Å². The lowest BCUT2D eigenvalue weighted by molar-refractivity contribution is -0.124. The second-order valence-corrected chi connectivity index (χ2v) is 4.96. The molecule has 0 spiro atoms. The summed E-state index contributed by atoms with van der Waals surface area (Å²) in [5.74, 6) is -3.36. The molecule has 0 aromatic heterocycles. The van der Waals surface area contributed by atoms with Crippen molar-refractivity contribution in [3.63, 3.8) is 0 Å². The fourth-order valence-electron chi connectivity index (χ4n) is 1.82. The Balaban J connectivity index is 1.81. The van der Waals surface area contributed by atoms with E-state index in [4.69, 9.17) is 4.74 Å². The molecule has 0 aliphatic carbocycles. The van der Waals surface area contributed by atoms with Crippen LogP contribution in [0.25, 0.3) is 0 Å². The Labute approximate surface area is 132 Å². The van der Waals surface area contributed by atoms with E-state index < -0.39 is 35.7 Å². The van der Waals surface area contributed by atoms with Crippen molar-refractivity contribution in [3.05, 3.63) is 70.8 Å². The standard InChI is InChI=1S/C17H15F2NO3/c1-11-2-4-12(5-3-11)9-20-16(21)10-23-17(22)14-7-6-13(18)8-15(14)19/h2-8H,9-10H2,1H3,(H,20,21). The summed E-state index contributed by atoms with van der Waals surface area (Å²) in [7, 11) is 0. The topological polar surface area (TPSA) is 55.4 Å². The molecule has 0 atom stereocenters. The highest BCUT2D eigenvalue weighted by molar-refractivity contribution is 5.91. The number of rotatable bonds is 5. The van der Waals surface area contributed by atoms with Gasteiger partial charge in [-0.2, -0.15) is 0 Å². The van der Waals surface area contributed by atoms with Gasteiger partial charge in [-0.25, -0.2) is 13.6 Å². The Kier molecular flexibility index (Phi) is 5.41. The number of benzene rings is 2. The first kappa shape index (κ1) is 16.6. The molecule has 0 saturated carbocycles. The molecule has 0 heterocycles. The van der Waals surface area contributed by atoms with Crippen molar-refractivity contribution in [3.8, 4) is 0 Å². The maximum absolute atomic E-state index is 13.4. The van der Waals surface area contributed by atoms with Gasteiger partial charge < -0.3 is 10.1 Å². The van der Waals surface area contributed by atoms with Gasteiger partial charge in [0.15, 0.2) is 6.61 Å². The summed E-state index contributed by atoms with van der Waals surface area (Å²) in [5.41, 5.74) is 1.59. The Bertz CT molecular complexity index is 714. The summed E-state index contributed by atoms with van der Waals surface area (Å²) in [6, 6.07) is 10.1. The first-order valence-electron chi connectivity index (χ1n) is 6.90. The van der Waals surface area contributed by atoms with Crippen molar-refractivity contribution in [1.29, 1.82) is 0 Å². The molecule has 1 amide bonds. The highest BCUT2D eigenvalue weighted by Crippen LogP contribution is 2.10. The number of ether oxygens (including phenoxy) is 1. The fraction of sp³-hybridized carbons (Fsp3) is 0.176. The van der Waals surface area contributed by atoms with E-state index in [2.05, 4.69) is 5.32 Å². The van der Waals surface area contributed by atoms with Crippen molar-refractivity contribution in [2.45, 2.75) is 13.5 Å². The van der Waals surface area contributed by atoms with Gasteiger partial charge in [0.05, 0.1) is 5.56 Å². The van der Waals surface area contributed by atoms with Crippen molar-refractivity contribution < 1.29 is 23.1 Å². The van der Waals surface area contributed by atoms with Gasteiger partial charge in [-0.1, -0.05) is 29.8 Å². The number of aryl methyl sites for hydroxylation is 1. The van der Waals surface area contributed by atoms with Crippen LogP contribution < -0.4 is 5.32 Å². The third kappa shape index (κ3) is 4.88. The molecule has 0 radical (unpaired) electrons. The Hall–Kier alpha value is -2.76. The SMILES string of the molecule is Cc1ccc(CNC(=O)COC(=O)c2ccc(F)cc2F)cc1. The second-order valence-electron chi connectivity index (χ2n) is 4.96. The maximum atomic E-state index is 13.4. The Morgan fingerprint density at radius 3 is 2.43 bits per heavy atom. The molecule has 0 fully saturated rings. The summed E-state index contributed by atoms with van der Waals surface area (Å²) >= 11 is 0. The number of hydrogen-bond donors (Lipinski definition) is 1. The fourth-order valence-corrected chi connectivity index (χ4v) is 1.82. The minimum atomic E-state index is -1.03. The molecule has 6 heteroatoms. The van der Waals surface area contributed by atoms with Gasteiger partial charge in [0.25, 0.3) is 5.91 Å². The van der Waals surface area contributed by atoms with Gasteiger partial charge in [-0.15, -0.1) is 0 Å². The molecule has 0 aliphatic rings. The summed E-state index contributed by atoms with van der Waals surface area (Å²) in [4.78, 5) is 23.2. The van der Waals surface area contributed by atoms with Crippen LogP contribution >= 0.6 is 0 Å². The number of carbonyl (C=O) groups excluding carboxylic acids is 2. The number of esters is 1. The van der Waals surface area contributed by atoms with E-state index in [9.17, 15) is 18.4 Å². The van der Waals surface area contributed by atoms with Crippen molar-refractivity contribution in [2.24, 2.45) is 0 Å². The third-order valence-corrected chi connectivity index (χ3v) is 3.10. The lowest BCUT2D eigenvalue weighted by Crippen LogP contribution is -2.28. The average Bonchev–Trinajstić information content (AvgIpc) is 2.52. The molecule has 2 aromatic carbocycles. The van der Waals surface area contributed by atoms with Gasteiger partial charge in [0.1, 0.15) is 11.6 Å².